The van der Waals surface area contributed by atoms with Gasteiger partial charge in [0.2, 0.25) is 0 Å². The molecule has 2 fully saturated rings. The largest absolute Gasteiger partial charge is 0.411 e. The number of oxime groups is 1. The van der Waals surface area contributed by atoms with Crippen LogP contribution in [0.15, 0.2) is 28.5 Å². The zero-order valence-electron chi connectivity index (χ0n) is 15.6. The molecule has 0 aromatic heterocycles. The number of hydrogen-bond donors (Lipinski definition) is 3. The minimum atomic E-state index is -0.450. The van der Waals surface area contributed by atoms with Crippen LogP contribution in [-0.2, 0) is 0 Å². The van der Waals surface area contributed by atoms with Crippen LogP contribution in [0.25, 0.3) is 0 Å². The molecule has 25 heavy (non-hydrogen) atoms. The summed E-state index contributed by atoms with van der Waals surface area (Å²) < 4.78 is 0. The van der Waals surface area contributed by atoms with Gasteiger partial charge < -0.3 is 15.4 Å². The Labute approximate surface area is 150 Å². The fourth-order valence-electron chi connectivity index (χ4n) is 6.88. The highest BCUT2D eigenvalue weighted by molar-refractivity contribution is 5.99. The third-order valence-electron chi connectivity index (χ3n) is 8.30. The van der Waals surface area contributed by atoms with Gasteiger partial charge in [-0.15, -0.1) is 0 Å². The van der Waals surface area contributed by atoms with Gasteiger partial charge in [0, 0.05) is 11.8 Å². The van der Waals surface area contributed by atoms with Gasteiger partial charge in [-0.1, -0.05) is 36.7 Å². The second kappa shape index (κ2) is 5.68. The lowest BCUT2D eigenvalue weighted by molar-refractivity contribution is -0.0959. The highest BCUT2D eigenvalue weighted by atomic mass is 16.4. The molecule has 0 radical (unpaired) electrons. The topological polar surface area (TPSA) is 73.1 Å². The number of nitrogens with zero attached hydrogens (tertiary/aromatic N) is 1. The van der Waals surface area contributed by atoms with E-state index in [9.17, 15) is 15.4 Å². The van der Waals surface area contributed by atoms with Crippen molar-refractivity contribution in [1.82, 2.24) is 0 Å². The Morgan fingerprint density at radius 1 is 1.16 bits per heavy atom. The van der Waals surface area contributed by atoms with Gasteiger partial charge in [0.05, 0.1) is 17.9 Å². The van der Waals surface area contributed by atoms with E-state index in [0.717, 1.165) is 37.8 Å². The number of allylic oxidation sites excluding steroid dienone is 3. The van der Waals surface area contributed by atoms with Crippen molar-refractivity contribution in [3.8, 4) is 0 Å². The van der Waals surface area contributed by atoms with Crippen molar-refractivity contribution >= 4 is 5.71 Å². The Hall–Kier alpha value is -1.13. The summed E-state index contributed by atoms with van der Waals surface area (Å²) in [4.78, 5) is 0. The first-order chi connectivity index (χ1) is 11.8. The standard InChI is InChI=1S/C21H31NO3/c1-12(22-25)16-6-7-17-15-5-4-13-10-14(23)11-19(24)21(13,3)18(15)8-9-20(16,17)2/h4,6,14-15,17-19,23-25H,5,7-11H2,1-3H3/b22-12-/t14-,15-,17+,18-,19-,20-,21+/m1/s1. The maximum Gasteiger partial charge on any atom is 0.0799 e. The van der Waals surface area contributed by atoms with Crippen molar-refractivity contribution in [1.29, 1.82) is 0 Å². The van der Waals surface area contributed by atoms with Gasteiger partial charge in [-0.05, 0) is 67.8 Å². The molecule has 0 aromatic carbocycles. The predicted molar refractivity (Wildman–Crippen MR) is 97.5 cm³/mol. The van der Waals surface area contributed by atoms with Crippen LogP contribution in [0.2, 0.25) is 0 Å². The van der Waals surface area contributed by atoms with Crippen molar-refractivity contribution in [2.24, 2.45) is 33.7 Å². The van der Waals surface area contributed by atoms with Gasteiger partial charge in [0.1, 0.15) is 0 Å². The van der Waals surface area contributed by atoms with Crippen molar-refractivity contribution in [3.63, 3.8) is 0 Å². The third kappa shape index (κ3) is 2.23. The minimum Gasteiger partial charge on any atom is -0.411 e. The van der Waals surface area contributed by atoms with Gasteiger partial charge in [0.15, 0.2) is 0 Å². The average Bonchev–Trinajstić information content (AvgIpc) is 2.93. The highest BCUT2D eigenvalue weighted by Crippen LogP contribution is 2.65. The molecule has 4 aliphatic rings. The summed E-state index contributed by atoms with van der Waals surface area (Å²) in [5, 5.41) is 33.7. The fraction of sp³-hybridized carbons (Fsp3) is 0.762. The molecular weight excluding hydrogens is 314 g/mol. The average molecular weight is 345 g/mol. The Morgan fingerprint density at radius 2 is 1.92 bits per heavy atom. The number of hydrogen-bond acceptors (Lipinski definition) is 4. The van der Waals surface area contributed by atoms with E-state index in [-0.39, 0.29) is 10.8 Å². The van der Waals surface area contributed by atoms with Gasteiger partial charge in [-0.3, -0.25) is 0 Å². The fourth-order valence-corrected chi connectivity index (χ4v) is 6.88. The Bertz CT molecular complexity index is 666. The van der Waals surface area contributed by atoms with Crippen LogP contribution in [0.1, 0.15) is 59.3 Å². The molecule has 138 valence electrons. The van der Waals surface area contributed by atoms with Crippen molar-refractivity contribution < 1.29 is 15.4 Å². The summed E-state index contributed by atoms with van der Waals surface area (Å²) in [7, 11) is 0. The molecule has 4 heteroatoms. The summed E-state index contributed by atoms with van der Waals surface area (Å²) in [6, 6.07) is 0. The van der Waals surface area contributed by atoms with E-state index >= 15 is 0 Å². The van der Waals surface area contributed by atoms with Gasteiger partial charge in [-0.25, -0.2) is 0 Å². The lowest BCUT2D eigenvalue weighted by Crippen LogP contribution is -2.55. The first-order valence-corrected chi connectivity index (χ1v) is 9.77. The lowest BCUT2D eigenvalue weighted by Gasteiger charge is -2.59. The van der Waals surface area contributed by atoms with Crippen molar-refractivity contribution in [2.75, 3.05) is 0 Å². The lowest BCUT2D eigenvalue weighted by atomic mass is 9.46. The molecule has 0 spiro atoms. The number of aliphatic hydroxyl groups is 2. The number of fused-ring (bicyclic) bond motifs is 5. The molecule has 4 rings (SSSR count). The molecule has 0 unspecified atom stereocenters. The Kier molecular flexibility index (Phi) is 3.93. The number of rotatable bonds is 1. The van der Waals surface area contributed by atoms with Crippen LogP contribution in [-0.4, -0.2) is 33.3 Å². The van der Waals surface area contributed by atoms with E-state index in [4.69, 9.17) is 0 Å². The van der Waals surface area contributed by atoms with E-state index in [1.807, 2.05) is 6.92 Å². The monoisotopic (exact) mass is 345 g/mol. The Morgan fingerprint density at radius 3 is 2.64 bits per heavy atom. The molecule has 0 aliphatic heterocycles. The van der Waals surface area contributed by atoms with Crippen LogP contribution in [0, 0.1) is 28.6 Å². The molecule has 4 nitrogen and oxygen atoms in total. The smallest absolute Gasteiger partial charge is 0.0799 e. The molecule has 0 heterocycles. The zero-order valence-corrected chi connectivity index (χ0v) is 15.6. The molecular formula is C21H31NO3. The number of aliphatic hydroxyl groups excluding tert-OH is 2. The van der Waals surface area contributed by atoms with Crippen molar-refractivity contribution in [2.45, 2.75) is 71.5 Å². The van der Waals surface area contributed by atoms with Crippen molar-refractivity contribution in [3.05, 3.63) is 23.3 Å². The second-order valence-electron chi connectivity index (χ2n) is 9.23. The first kappa shape index (κ1) is 17.3. The van der Waals surface area contributed by atoms with Crippen LogP contribution in [0.4, 0.5) is 0 Å². The van der Waals surface area contributed by atoms with Gasteiger partial charge in [0.25, 0.3) is 0 Å². The molecule has 0 bridgehead atoms. The SMILES string of the molecule is C/C(=N/O)C1=CC[C@H]2[C@H]3CC=C4C[C@@H](O)C[C@@H](O)[C@]4(C)[C@@H]3CC[C@]12C. The maximum absolute atomic E-state index is 10.9. The molecule has 4 aliphatic carbocycles. The minimum absolute atomic E-state index is 0.0817. The molecule has 2 saturated carbocycles. The summed E-state index contributed by atoms with van der Waals surface area (Å²) in [6.07, 6.45) is 9.23. The normalized spacial score (nSPS) is 49.6. The third-order valence-corrected chi connectivity index (χ3v) is 8.30. The molecule has 0 aromatic rings. The highest BCUT2D eigenvalue weighted by Gasteiger charge is 2.59. The maximum atomic E-state index is 10.9. The summed E-state index contributed by atoms with van der Waals surface area (Å²) in [5.74, 6) is 1.58. The summed E-state index contributed by atoms with van der Waals surface area (Å²) in [6.45, 7) is 6.47. The van der Waals surface area contributed by atoms with Crippen LogP contribution >= 0.6 is 0 Å². The van der Waals surface area contributed by atoms with E-state index in [0.29, 0.717) is 24.2 Å². The predicted octanol–water partition coefficient (Wildman–Crippen LogP) is 3.67. The van der Waals surface area contributed by atoms with Crippen LogP contribution < -0.4 is 0 Å². The first-order valence-electron chi connectivity index (χ1n) is 9.77. The van der Waals surface area contributed by atoms with E-state index in [2.05, 4.69) is 31.2 Å². The molecule has 0 saturated heterocycles. The summed E-state index contributed by atoms with van der Waals surface area (Å²) in [5.41, 5.74) is 3.15. The van der Waals surface area contributed by atoms with Crippen LogP contribution in [0.3, 0.4) is 0 Å². The van der Waals surface area contributed by atoms with E-state index in [1.165, 1.54) is 11.1 Å². The summed E-state index contributed by atoms with van der Waals surface area (Å²) >= 11 is 0. The van der Waals surface area contributed by atoms with E-state index < -0.39 is 12.2 Å². The second-order valence-corrected chi connectivity index (χ2v) is 9.23. The molecule has 7 atom stereocenters. The quantitative estimate of drug-likeness (QED) is 0.294. The van der Waals surface area contributed by atoms with Crippen LogP contribution in [0.5, 0.6) is 0 Å². The zero-order chi connectivity index (χ0) is 18.0. The van der Waals surface area contributed by atoms with E-state index in [1.54, 1.807) is 0 Å². The van der Waals surface area contributed by atoms with Gasteiger partial charge in [-0.2, -0.15) is 0 Å². The van der Waals surface area contributed by atoms with Gasteiger partial charge >= 0.3 is 0 Å². The molecule has 0 amide bonds. The molecule has 3 N–H and O–H groups in total. The Balaban J connectivity index is 1.69.